The molecule has 0 bridgehead atoms. The molecule has 0 spiro atoms. The predicted molar refractivity (Wildman–Crippen MR) is 55.6 cm³/mol. The topological polar surface area (TPSA) is 44.2 Å². The molecule has 2 heterocycles. The third-order valence-electron chi connectivity index (χ3n) is 2.86. The highest BCUT2D eigenvalue weighted by molar-refractivity contribution is 7.17. The Hall–Kier alpha value is -0.455. The summed E-state index contributed by atoms with van der Waals surface area (Å²) in [5.74, 6) is 0. The number of nitrogens with zero attached hydrogens (tertiary/aromatic N) is 2. The van der Waals surface area contributed by atoms with Crippen molar-refractivity contribution in [1.82, 2.24) is 9.59 Å². The molecule has 1 aliphatic rings. The van der Waals surface area contributed by atoms with Crippen molar-refractivity contribution < 1.29 is 9.31 Å². The van der Waals surface area contributed by atoms with Gasteiger partial charge in [-0.3, -0.25) is 0 Å². The molecular formula is C8H13BN2O2S. The van der Waals surface area contributed by atoms with Crippen molar-refractivity contribution in [2.24, 2.45) is 0 Å². The molecular weight excluding hydrogens is 199 g/mol. The van der Waals surface area contributed by atoms with Crippen molar-refractivity contribution in [3.05, 3.63) is 6.20 Å². The van der Waals surface area contributed by atoms with E-state index in [-0.39, 0.29) is 18.3 Å². The van der Waals surface area contributed by atoms with Gasteiger partial charge in [0.05, 0.1) is 22.2 Å². The first kappa shape index (κ1) is 10.1. The molecule has 2 rings (SSSR count). The van der Waals surface area contributed by atoms with Gasteiger partial charge in [-0.1, -0.05) is 4.49 Å². The van der Waals surface area contributed by atoms with Crippen LogP contribution in [0, 0.1) is 0 Å². The van der Waals surface area contributed by atoms with Gasteiger partial charge < -0.3 is 9.31 Å². The van der Waals surface area contributed by atoms with Crippen LogP contribution in [-0.4, -0.2) is 27.9 Å². The first-order valence-electron chi connectivity index (χ1n) is 4.55. The second kappa shape index (κ2) is 3.02. The maximum Gasteiger partial charge on any atom is 0.508 e. The summed E-state index contributed by atoms with van der Waals surface area (Å²) in [5, 5.41) is 3.77. The molecule has 4 nitrogen and oxygen atoms in total. The van der Waals surface area contributed by atoms with Crippen molar-refractivity contribution in [3.63, 3.8) is 0 Å². The summed E-state index contributed by atoms with van der Waals surface area (Å²) in [7, 11) is -0.319. The zero-order chi connectivity index (χ0) is 10.4. The summed E-state index contributed by atoms with van der Waals surface area (Å²) in [4.78, 5) is 0. The average molecular weight is 212 g/mol. The van der Waals surface area contributed by atoms with E-state index >= 15 is 0 Å². The summed E-state index contributed by atoms with van der Waals surface area (Å²) >= 11 is 1.31. The lowest BCUT2D eigenvalue weighted by molar-refractivity contribution is 0.00578. The van der Waals surface area contributed by atoms with Gasteiger partial charge in [0.2, 0.25) is 0 Å². The van der Waals surface area contributed by atoms with Gasteiger partial charge in [0.15, 0.2) is 0 Å². The molecule has 1 fully saturated rings. The third-order valence-corrected chi connectivity index (χ3v) is 3.55. The van der Waals surface area contributed by atoms with E-state index in [1.165, 1.54) is 11.5 Å². The van der Waals surface area contributed by atoms with Crippen LogP contribution >= 0.6 is 11.5 Å². The van der Waals surface area contributed by atoms with E-state index in [0.29, 0.717) is 0 Å². The first-order valence-corrected chi connectivity index (χ1v) is 5.33. The Labute approximate surface area is 87.9 Å². The molecule has 0 atom stereocenters. The standard InChI is InChI=1S/C8H13BN2O2S/c1-7(2)8(3,4)13-9(12-7)6-5-10-11-14-6/h5H,1-4H3. The molecule has 0 N–H and O–H groups in total. The Bertz CT molecular complexity index is 310. The minimum absolute atomic E-state index is 0.290. The molecule has 0 aromatic carbocycles. The van der Waals surface area contributed by atoms with E-state index in [1.54, 1.807) is 6.20 Å². The Balaban J connectivity index is 2.22. The summed E-state index contributed by atoms with van der Waals surface area (Å²) in [6, 6.07) is 0. The molecule has 0 saturated carbocycles. The van der Waals surface area contributed by atoms with Crippen LogP contribution in [0.4, 0.5) is 0 Å². The monoisotopic (exact) mass is 212 g/mol. The molecule has 76 valence electrons. The number of aromatic nitrogens is 2. The lowest BCUT2D eigenvalue weighted by atomic mass is 9.89. The van der Waals surface area contributed by atoms with Crippen LogP contribution in [0.25, 0.3) is 0 Å². The average Bonchev–Trinajstić information content (AvgIpc) is 2.58. The SMILES string of the molecule is CC1(C)OB(c2cnns2)OC1(C)C. The van der Waals surface area contributed by atoms with Crippen LogP contribution in [0.1, 0.15) is 27.7 Å². The second-order valence-electron chi connectivity index (χ2n) is 4.41. The first-order chi connectivity index (χ1) is 6.42. The quantitative estimate of drug-likeness (QED) is 0.647. The Morgan fingerprint density at radius 3 is 2.21 bits per heavy atom. The molecule has 1 saturated heterocycles. The summed E-state index contributed by atoms with van der Waals surface area (Å²) in [5.41, 5.74) is -0.580. The van der Waals surface area contributed by atoms with Gasteiger partial charge in [-0.15, -0.1) is 5.10 Å². The Morgan fingerprint density at radius 2 is 1.79 bits per heavy atom. The zero-order valence-corrected chi connectivity index (χ0v) is 9.59. The molecule has 0 unspecified atom stereocenters. The van der Waals surface area contributed by atoms with Gasteiger partial charge in [0, 0.05) is 0 Å². The number of hydrogen-bond acceptors (Lipinski definition) is 5. The fourth-order valence-corrected chi connectivity index (χ4v) is 1.70. The summed E-state index contributed by atoms with van der Waals surface area (Å²) in [6.45, 7) is 8.12. The van der Waals surface area contributed by atoms with E-state index < -0.39 is 0 Å². The molecule has 0 amide bonds. The van der Waals surface area contributed by atoms with Gasteiger partial charge in [-0.05, 0) is 39.2 Å². The highest BCUT2D eigenvalue weighted by Gasteiger charge is 2.52. The van der Waals surface area contributed by atoms with Crippen molar-refractivity contribution in [3.8, 4) is 0 Å². The zero-order valence-electron chi connectivity index (χ0n) is 8.77. The lowest BCUT2D eigenvalue weighted by Gasteiger charge is -2.32. The van der Waals surface area contributed by atoms with E-state index in [0.717, 1.165) is 4.78 Å². The van der Waals surface area contributed by atoms with Gasteiger partial charge in [-0.2, -0.15) is 0 Å². The Morgan fingerprint density at radius 1 is 1.21 bits per heavy atom. The lowest BCUT2D eigenvalue weighted by Crippen LogP contribution is -2.41. The fraction of sp³-hybridized carbons (Fsp3) is 0.750. The second-order valence-corrected chi connectivity index (χ2v) is 5.23. The van der Waals surface area contributed by atoms with E-state index in [9.17, 15) is 0 Å². The van der Waals surface area contributed by atoms with Crippen LogP contribution in [0.15, 0.2) is 6.20 Å². The largest absolute Gasteiger partial charge is 0.508 e. The van der Waals surface area contributed by atoms with Crippen LogP contribution < -0.4 is 4.78 Å². The number of hydrogen-bond donors (Lipinski definition) is 0. The molecule has 1 aromatic heterocycles. The number of rotatable bonds is 1. The van der Waals surface area contributed by atoms with E-state index in [4.69, 9.17) is 9.31 Å². The highest BCUT2D eigenvalue weighted by atomic mass is 32.1. The van der Waals surface area contributed by atoms with Gasteiger partial charge >= 0.3 is 7.12 Å². The van der Waals surface area contributed by atoms with E-state index in [2.05, 4.69) is 9.59 Å². The van der Waals surface area contributed by atoms with Crippen molar-refractivity contribution in [2.45, 2.75) is 38.9 Å². The molecule has 1 aromatic rings. The molecule has 1 aliphatic heterocycles. The van der Waals surface area contributed by atoms with Crippen LogP contribution in [-0.2, 0) is 9.31 Å². The normalized spacial score (nSPS) is 24.1. The van der Waals surface area contributed by atoms with Gasteiger partial charge in [-0.25, -0.2) is 0 Å². The smallest absolute Gasteiger partial charge is 0.399 e. The van der Waals surface area contributed by atoms with Crippen LogP contribution in [0.5, 0.6) is 0 Å². The molecule has 0 aliphatic carbocycles. The molecule has 14 heavy (non-hydrogen) atoms. The van der Waals surface area contributed by atoms with E-state index in [1.807, 2.05) is 27.7 Å². The maximum atomic E-state index is 5.82. The van der Waals surface area contributed by atoms with Crippen molar-refractivity contribution >= 4 is 23.4 Å². The maximum absolute atomic E-state index is 5.82. The fourth-order valence-electron chi connectivity index (χ4n) is 1.24. The van der Waals surface area contributed by atoms with Crippen molar-refractivity contribution in [2.75, 3.05) is 0 Å². The summed E-state index contributed by atoms with van der Waals surface area (Å²) < 4.78 is 16.3. The third kappa shape index (κ3) is 1.47. The van der Waals surface area contributed by atoms with Gasteiger partial charge in [0.1, 0.15) is 0 Å². The van der Waals surface area contributed by atoms with Gasteiger partial charge in [0.25, 0.3) is 0 Å². The van der Waals surface area contributed by atoms with Crippen LogP contribution in [0.2, 0.25) is 0 Å². The minimum Gasteiger partial charge on any atom is -0.399 e. The van der Waals surface area contributed by atoms with Crippen LogP contribution in [0.3, 0.4) is 0 Å². The van der Waals surface area contributed by atoms with Crippen molar-refractivity contribution in [1.29, 1.82) is 0 Å². The predicted octanol–water partition coefficient (Wildman–Crippen LogP) is 0.837. The Kier molecular flexibility index (Phi) is 2.17. The summed E-state index contributed by atoms with van der Waals surface area (Å²) in [6.07, 6.45) is 1.69. The highest BCUT2D eigenvalue weighted by Crippen LogP contribution is 2.36. The minimum atomic E-state index is -0.319. The molecule has 6 heteroatoms. The molecule has 0 radical (unpaired) electrons.